The number of anilines is 1. The second-order valence-corrected chi connectivity index (χ2v) is 4.06. The van der Waals surface area contributed by atoms with Crippen LogP contribution in [-0.2, 0) is 6.42 Å². The average molecular weight is 275 g/mol. The molecule has 0 aliphatic carbocycles. The van der Waals surface area contributed by atoms with Crippen molar-refractivity contribution < 1.29 is 19.8 Å². The van der Waals surface area contributed by atoms with Crippen molar-refractivity contribution in [3.8, 4) is 0 Å². The average Bonchev–Trinajstić information content (AvgIpc) is 2.91. The lowest BCUT2D eigenvalue weighted by Gasteiger charge is -2.05. The Morgan fingerprint density at radius 3 is 2.55 bits per heavy atom. The molecule has 0 unspecified atom stereocenters. The number of imidazole rings is 1. The zero-order chi connectivity index (χ0) is 14.5. The first kappa shape index (κ1) is 13.8. The van der Waals surface area contributed by atoms with Gasteiger partial charge in [-0.05, 0) is 24.1 Å². The van der Waals surface area contributed by atoms with Crippen LogP contribution in [0.1, 0.15) is 26.5 Å². The first-order valence-corrected chi connectivity index (χ1v) is 5.89. The van der Waals surface area contributed by atoms with Crippen molar-refractivity contribution in [1.29, 1.82) is 0 Å². The SMILES string of the molecule is O=C(Nc1ccc(CCO)cc1)c1nc[nH]c1C(=O)O. The Kier molecular flexibility index (Phi) is 4.11. The Balaban J connectivity index is 2.11. The third-order valence-electron chi connectivity index (χ3n) is 2.68. The summed E-state index contributed by atoms with van der Waals surface area (Å²) in [5.74, 6) is -1.84. The summed E-state index contributed by atoms with van der Waals surface area (Å²) in [4.78, 5) is 28.9. The molecule has 1 aromatic heterocycles. The number of carboxylic acids is 1. The van der Waals surface area contributed by atoms with E-state index in [0.717, 1.165) is 11.9 Å². The smallest absolute Gasteiger partial charge is 0.354 e. The number of carbonyl (C=O) groups excluding carboxylic acids is 1. The molecule has 0 aliphatic rings. The van der Waals surface area contributed by atoms with Crippen LogP contribution >= 0.6 is 0 Å². The molecule has 0 aliphatic heterocycles. The fourth-order valence-corrected chi connectivity index (χ4v) is 1.70. The van der Waals surface area contributed by atoms with Crippen molar-refractivity contribution in [2.75, 3.05) is 11.9 Å². The third kappa shape index (κ3) is 3.01. The van der Waals surface area contributed by atoms with Gasteiger partial charge in [0, 0.05) is 12.3 Å². The van der Waals surface area contributed by atoms with Crippen molar-refractivity contribution in [2.24, 2.45) is 0 Å². The summed E-state index contributed by atoms with van der Waals surface area (Å²) in [6.07, 6.45) is 1.69. The maximum atomic E-state index is 11.9. The molecule has 104 valence electrons. The van der Waals surface area contributed by atoms with Crippen LogP contribution in [0.4, 0.5) is 5.69 Å². The van der Waals surface area contributed by atoms with E-state index < -0.39 is 11.9 Å². The van der Waals surface area contributed by atoms with Crippen LogP contribution in [0.3, 0.4) is 0 Å². The molecule has 7 nitrogen and oxygen atoms in total. The highest BCUT2D eigenvalue weighted by Gasteiger charge is 2.19. The molecule has 1 heterocycles. The molecule has 2 rings (SSSR count). The van der Waals surface area contributed by atoms with Crippen LogP contribution in [0.25, 0.3) is 0 Å². The highest BCUT2D eigenvalue weighted by atomic mass is 16.4. The van der Waals surface area contributed by atoms with Gasteiger partial charge in [-0.2, -0.15) is 0 Å². The number of carbonyl (C=O) groups is 2. The van der Waals surface area contributed by atoms with Crippen molar-refractivity contribution in [1.82, 2.24) is 9.97 Å². The monoisotopic (exact) mass is 275 g/mol. The van der Waals surface area contributed by atoms with Gasteiger partial charge in [0.05, 0.1) is 6.33 Å². The number of H-pyrrole nitrogens is 1. The highest BCUT2D eigenvalue weighted by Crippen LogP contribution is 2.12. The van der Waals surface area contributed by atoms with Crippen molar-refractivity contribution in [3.05, 3.63) is 47.5 Å². The maximum Gasteiger partial charge on any atom is 0.354 e. The first-order chi connectivity index (χ1) is 9.61. The Bertz CT molecular complexity index is 619. The number of aromatic carboxylic acids is 1. The molecule has 0 spiro atoms. The van der Waals surface area contributed by atoms with E-state index in [1.807, 2.05) is 0 Å². The first-order valence-electron chi connectivity index (χ1n) is 5.89. The van der Waals surface area contributed by atoms with E-state index in [9.17, 15) is 9.59 Å². The molecule has 0 saturated carbocycles. The molecule has 2 aromatic rings. The zero-order valence-electron chi connectivity index (χ0n) is 10.5. The Hall–Kier alpha value is -2.67. The van der Waals surface area contributed by atoms with Crippen molar-refractivity contribution >= 4 is 17.6 Å². The molecule has 4 N–H and O–H groups in total. The van der Waals surface area contributed by atoms with Gasteiger partial charge in [0.2, 0.25) is 0 Å². The standard InChI is InChI=1S/C13H13N3O4/c17-6-5-8-1-3-9(4-2-8)16-12(18)10-11(13(19)20)15-7-14-10/h1-4,7,17H,5-6H2,(H,14,15)(H,16,18)(H,19,20). The summed E-state index contributed by atoms with van der Waals surface area (Å²) in [6.45, 7) is 0.0565. The number of aromatic nitrogens is 2. The molecule has 0 fully saturated rings. The normalized spacial score (nSPS) is 10.2. The quantitative estimate of drug-likeness (QED) is 0.647. The molecule has 0 atom stereocenters. The van der Waals surface area contributed by atoms with Gasteiger partial charge in [-0.1, -0.05) is 12.1 Å². The number of hydrogen-bond donors (Lipinski definition) is 4. The second kappa shape index (κ2) is 5.98. The molecule has 0 bridgehead atoms. The molecule has 1 amide bonds. The fraction of sp³-hybridized carbons (Fsp3) is 0.154. The molecule has 7 heteroatoms. The van der Waals surface area contributed by atoms with Gasteiger partial charge < -0.3 is 20.5 Å². The summed E-state index contributed by atoms with van der Waals surface area (Å²) in [6, 6.07) is 6.90. The second-order valence-electron chi connectivity index (χ2n) is 4.06. The van der Waals surface area contributed by atoms with E-state index in [1.54, 1.807) is 24.3 Å². The number of aromatic amines is 1. The number of amides is 1. The van der Waals surface area contributed by atoms with Crippen LogP contribution in [-0.4, -0.2) is 38.7 Å². The lowest BCUT2D eigenvalue weighted by Crippen LogP contribution is -2.16. The number of hydrogen-bond acceptors (Lipinski definition) is 4. The van der Waals surface area contributed by atoms with Crippen LogP contribution in [0.5, 0.6) is 0 Å². The number of nitrogens with zero attached hydrogens (tertiary/aromatic N) is 1. The van der Waals surface area contributed by atoms with Crippen LogP contribution < -0.4 is 5.32 Å². The Morgan fingerprint density at radius 2 is 1.95 bits per heavy atom. The van der Waals surface area contributed by atoms with E-state index in [0.29, 0.717) is 12.1 Å². The van der Waals surface area contributed by atoms with Gasteiger partial charge >= 0.3 is 5.97 Å². The third-order valence-corrected chi connectivity index (χ3v) is 2.68. The van der Waals surface area contributed by atoms with Crippen molar-refractivity contribution in [2.45, 2.75) is 6.42 Å². The predicted molar refractivity (Wildman–Crippen MR) is 70.7 cm³/mol. The number of aliphatic hydroxyl groups excluding tert-OH is 1. The van der Waals surface area contributed by atoms with E-state index in [1.165, 1.54) is 0 Å². The number of carboxylic acid groups (broad SMARTS) is 1. The van der Waals surface area contributed by atoms with Crippen LogP contribution in [0, 0.1) is 0 Å². The highest BCUT2D eigenvalue weighted by molar-refractivity contribution is 6.08. The molecule has 1 aromatic carbocycles. The zero-order valence-corrected chi connectivity index (χ0v) is 10.5. The number of benzene rings is 1. The summed E-state index contributed by atoms with van der Waals surface area (Å²) in [5, 5.41) is 20.3. The van der Waals surface area contributed by atoms with Gasteiger partial charge in [-0.15, -0.1) is 0 Å². The maximum absolute atomic E-state index is 11.9. The topological polar surface area (TPSA) is 115 Å². The molecule has 0 radical (unpaired) electrons. The summed E-state index contributed by atoms with van der Waals surface area (Å²) in [5.41, 5.74) is 1.05. The van der Waals surface area contributed by atoms with Gasteiger partial charge in [-0.3, -0.25) is 4.79 Å². The van der Waals surface area contributed by atoms with Crippen molar-refractivity contribution in [3.63, 3.8) is 0 Å². The Labute approximate surface area is 114 Å². The van der Waals surface area contributed by atoms with E-state index in [2.05, 4.69) is 15.3 Å². The lowest BCUT2D eigenvalue weighted by molar-refractivity contribution is 0.0686. The van der Waals surface area contributed by atoms with E-state index >= 15 is 0 Å². The Morgan fingerprint density at radius 1 is 1.25 bits per heavy atom. The number of aliphatic hydroxyl groups is 1. The van der Waals surface area contributed by atoms with Gasteiger partial charge in [0.1, 0.15) is 0 Å². The summed E-state index contributed by atoms with van der Waals surface area (Å²) < 4.78 is 0. The minimum absolute atomic E-state index is 0.0565. The minimum Gasteiger partial charge on any atom is -0.477 e. The minimum atomic E-state index is -1.24. The van der Waals surface area contributed by atoms with Gasteiger partial charge in [0.15, 0.2) is 11.4 Å². The number of nitrogens with one attached hydrogen (secondary N) is 2. The molecular formula is C13H13N3O4. The molecular weight excluding hydrogens is 262 g/mol. The predicted octanol–water partition coefficient (Wildman–Crippen LogP) is 0.895. The largest absolute Gasteiger partial charge is 0.477 e. The van der Waals surface area contributed by atoms with E-state index in [-0.39, 0.29) is 18.0 Å². The van der Waals surface area contributed by atoms with E-state index in [4.69, 9.17) is 10.2 Å². The van der Waals surface area contributed by atoms with Gasteiger partial charge in [-0.25, -0.2) is 9.78 Å². The number of rotatable bonds is 5. The fourth-order valence-electron chi connectivity index (χ4n) is 1.70. The van der Waals surface area contributed by atoms with Gasteiger partial charge in [0.25, 0.3) is 5.91 Å². The van der Waals surface area contributed by atoms with Crippen LogP contribution in [0.2, 0.25) is 0 Å². The lowest BCUT2D eigenvalue weighted by atomic mass is 10.1. The molecule has 0 saturated heterocycles. The summed E-state index contributed by atoms with van der Waals surface area (Å²) in [7, 11) is 0. The summed E-state index contributed by atoms with van der Waals surface area (Å²) >= 11 is 0. The van der Waals surface area contributed by atoms with Crippen LogP contribution in [0.15, 0.2) is 30.6 Å². The molecule has 20 heavy (non-hydrogen) atoms.